The smallest absolute Gasteiger partial charge is 0.335 e. The second kappa shape index (κ2) is 6.12. The average molecular weight is 335 g/mol. The van der Waals surface area contributed by atoms with Gasteiger partial charge in [-0.3, -0.25) is 0 Å². The van der Waals surface area contributed by atoms with Gasteiger partial charge >= 0.3 is 5.97 Å². The average Bonchev–Trinajstić information content (AvgIpc) is 2.24. The van der Waals surface area contributed by atoms with Gasteiger partial charge in [0, 0.05) is 12.3 Å². The Bertz CT molecular complexity index is 752. The predicted molar refractivity (Wildman–Crippen MR) is 77.6 cm³/mol. The lowest BCUT2D eigenvalue weighted by molar-refractivity contribution is 0.0695. The van der Waals surface area contributed by atoms with Gasteiger partial charge in [-0.1, -0.05) is 6.07 Å². The number of hydrogen-bond acceptors (Lipinski definition) is 5. The molecule has 0 aromatic heterocycles. The van der Waals surface area contributed by atoms with E-state index >= 15 is 0 Å². The molecule has 0 saturated heterocycles. The first kappa shape index (κ1) is 17.6. The van der Waals surface area contributed by atoms with Gasteiger partial charge in [0.15, 0.2) is 0 Å². The fraction of sp³-hybridized carbons (Fsp3) is 0.417. The van der Waals surface area contributed by atoms with Crippen LogP contribution in [0.2, 0.25) is 0 Å². The molecule has 2 N–H and O–H groups in total. The molecule has 0 aliphatic rings. The number of sulfonamides is 1. The van der Waals surface area contributed by atoms with Crippen molar-refractivity contribution >= 4 is 25.8 Å². The summed E-state index contributed by atoms with van der Waals surface area (Å²) in [4.78, 5) is 10.8. The van der Waals surface area contributed by atoms with Crippen molar-refractivity contribution in [2.75, 3.05) is 12.0 Å². The van der Waals surface area contributed by atoms with Crippen molar-refractivity contribution in [3.05, 3.63) is 29.3 Å². The van der Waals surface area contributed by atoms with Crippen LogP contribution < -0.4 is 4.72 Å². The molecule has 118 valence electrons. The van der Waals surface area contributed by atoms with Gasteiger partial charge in [-0.2, -0.15) is 0 Å². The molecule has 21 heavy (non-hydrogen) atoms. The van der Waals surface area contributed by atoms with Crippen LogP contribution in [0.15, 0.2) is 23.1 Å². The van der Waals surface area contributed by atoms with Crippen molar-refractivity contribution in [1.29, 1.82) is 0 Å². The summed E-state index contributed by atoms with van der Waals surface area (Å²) >= 11 is 0. The minimum absolute atomic E-state index is 0.101. The molecule has 1 rings (SSSR count). The van der Waals surface area contributed by atoms with Gasteiger partial charge in [0.25, 0.3) is 0 Å². The van der Waals surface area contributed by atoms with E-state index in [-0.39, 0.29) is 21.8 Å². The molecule has 0 fully saturated rings. The Hall–Kier alpha value is -1.45. The summed E-state index contributed by atoms with van der Waals surface area (Å²) in [5, 5.41) is 9.00. The summed E-state index contributed by atoms with van der Waals surface area (Å²) < 4.78 is 49.0. The number of carbonyl (C=O) groups is 1. The third kappa shape index (κ3) is 4.80. The Morgan fingerprint density at radius 3 is 2.33 bits per heavy atom. The lowest BCUT2D eigenvalue weighted by Gasteiger charge is -2.15. The van der Waals surface area contributed by atoms with Crippen molar-refractivity contribution < 1.29 is 26.7 Å². The van der Waals surface area contributed by atoms with E-state index in [0.29, 0.717) is 0 Å². The Labute approximate surface area is 124 Å². The fourth-order valence-corrected chi connectivity index (χ4v) is 4.56. The highest BCUT2D eigenvalue weighted by molar-refractivity contribution is 7.91. The van der Waals surface area contributed by atoms with Crippen LogP contribution in [-0.4, -0.2) is 46.0 Å². The minimum atomic E-state index is -4.00. The molecule has 1 unspecified atom stereocenters. The van der Waals surface area contributed by atoms with Gasteiger partial charge in [-0.25, -0.2) is 26.4 Å². The molecule has 7 nitrogen and oxygen atoms in total. The van der Waals surface area contributed by atoms with Crippen LogP contribution in [0, 0.1) is 6.92 Å². The topological polar surface area (TPSA) is 118 Å². The molecular formula is C12H17NO6S2. The first-order valence-electron chi connectivity index (χ1n) is 5.97. The maximum absolute atomic E-state index is 12.2. The van der Waals surface area contributed by atoms with E-state index in [1.54, 1.807) is 0 Å². The van der Waals surface area contributed by atoms with Gasteiger partial charge in [0.05, 0.1) is 16.2 Å². The Balaban J connectivity index is 3.15. The highest BCUT2D eigenvalue weighted by atomic mass is 32.2. The minimum Gasteiger partial charge on any atom is -0.478 e. The molecule has 0 aliphatic heterocycles. The third-order valence-corrected chi connectivity index (χ3v) is 5.55. The standard InChI is InChI=1S/C12H17NO6S2/c1-8(7-20(3,16)17)13-21(18,19)11-6-4-5-10(9(11)2)12(14)15/h4-6,8,13H,7H2,1-3H3,(H,14,15). The first-order chi connectivity index (χ1) is 9.44. The number of aromatic carboxylic acids is 1. The normalized spacial score (nSPS) is 13.9. The molecule has 0 heterocycles. The Kier molecular flexibility index (Phi) is 5.13. The molecule has 9 heteroatoms. The van der Waals surface area contributed by atoms with Gasteiger partial charge in [0.2, 0.25) is 10.0 Å². The molecule has 1 aromatic carbocycles. The fourth-order valence-electron chi connectivity index (χ4n) is 1.95. The van der Waals surface area contributed by atoms with Crippen LogP contribution in [-0.2, 0) is 19.9 Å². The number of nitrogens with one attached hydrogen (secondary N) is 1. The summed E-state index contributed by atoms with van der Waals surface area (Å²) in [5.41, 5.74) is -0.0160. The molecule has 0 spiro atoms. The van der Waals surface area contributed by atoms with Crippen molar-refractivity contribution in [2.24, 2.45) is 0 Å². The zero-order chi connectivity index (χ0) is 16.4. The zero-order valence-corrected chi connectivity index (χ0v) is 13.5. The third-order valence-electron chi connectivity index (χ3n) is 2.71. The van der Waals surface area contributed by atoms with E-state index in [4.69, 9.17) is 5.11 Å². The van der Waals surface area contributed by atoms with Gasteiger partial charge in [0.1, 0.15) is 9.84 Å². The first-order valence-corrected chi connectivity index (χ1v) is 9.51. The number of rotatable bonds is 6. The van der Waals surface area contributed by atoms with E-state index in [1.807, 2.05) is 0 Å². The quantitative estimate of drug-likeness (QED) is 0.777. The van der Waals surface area contributed by atoms with Gasteiger partial charge < -0.3 is 5.11 Å². The molecule has 1 aromatic rings. The number of sulfone groups is 1. The number of carboxylic acid groups (broad SMARTS) is 1. The van der Waals surface area contributed by atoms with E-state index in [9.17, 15) is 21.6 Å². The van der Waals surface area contributed by atoms with Crippen LogP contribution in [0.25, 0.3) is 0 Å². The van der Waals surface area contributed by atoms with E-state index in [1.165, 1.54) is 32.0 Å². The van der Waals surface area contributed by atoms with Crippen LogP contribution in [0.3, 0.4) is 0 Å². The summed E-state index contributed by atoms with van der Waals surface area (Å²) in [6.07, 6.45) is 1.01. The van der Waals surface area contributed by atoms with Gasteiger partial charge in [-0.05, 0) is 31.5 Å². The number of hydrogen-bond donors (Lipinski definition) is 2. The Morgan fingerprint density at radius 2 is 1.86 bits per heavy atom. The number of benzene rings is 1. The second-order valence-electron chi connectivity index (χ2n) is 4.85. The highest BCUT2D eigenvalue weighted by Crippen LogP contribution is 2.19. The molecule has 0 amide bonds. The molecule has 0 aliphatic carbocycles. The van der Waals surface area contributed by atoms with Crippen molar-refractivity contribution in [3.63, 3.8) is 0 Å². The lowest BCUT2D eigenvalue weighted by atomic mass is 10.1. The largest absolute Gasteiger partial charge is 0.478 e. The molecule has 1 atom stereocenters. The van der Waals surface area contributed by atoms with Crippen LogP contribution in [0.4, 0.5) is 0 Å². The summed E-state index contributed by atoms with van der Waals surface area (Å²) in [6, 6.07) is 3.08. The van der Waals surface area contributed by atoms with Crippen LogP contribution >= 0.6 is 0 Å². The maximum atomic E-state index is 12.2. The van der Waals surface area contributed by atoms with Crippen molar-refractivity contribution in [1.82, 2.24) is 4.72 Å². The van der Waals surface area contributed by atoms with Crippen molar-refractivity contribution in [2.45, 2.75) is 24.8 Å². The Morgan fingerprint density at radius 1 is 1.29 bits per heavy atom. The van der Waals surface area contributed by atoms with E-state index in [2.05, 4.69) is 4.72 Å². The predicted octanol–water partition coefficient (Wildman–Crippen LogP) is 0.405. The molecule has 0 bridgehead atoms. The second-order valence-corrected chi connectivity index (χ2v) is 8.72. The summed E-state index contributed by atoms with van der Waals surface area (Å²) in [5.74, 6) is -1.57. The van der Waals surface area contributed by atoms with Crippen LogP contribution in [0.5, 0.6) is 0 Å². The summed E-state index contributed by atoms with van der Waals surface area (Å²) in [6.45, 7) is 2.81. The van der Waals surface area contributed by atoms with Crippen molar-refractivity contribution in [3.8, 4) is 0 Å². The lowest BCUT2D eigenvalue weighted by Crippen LogP contribution is -2.37. The van der Waals surface area contributed by atoms with Crippen LogP contribution in [0.1, 0.15) is 22.8 Å². The molecule has 0 saturated carbocycles. The SMILES string of the molecule is Cc1c(C(=O)O)cccc1S(=O)(=O)NC(C)CS(C)(=O)=O. The maximum Gasteiger partial charge on any atom is 0.335 e. The monoisotopic (exact) mass is 335 g/mol. The van der Waals surface area contributed by atoms with E-state index in [0.717, 1.165) is 6.26 Å². The molecule has 0 radical (unpaired) electrons. The summed E-state index contributed by atoms with van der Waals surface area (Å²) in [7, 11) is -7.33. The number of carboxylic acids is 1. The zero-order valence-electron chi connectivity index (χ0n) is 11.8. The van der Waals surface area contributed by atoms with Gasteiger partial charge in [-0.15, -0.1) is 0 Å². The van der Waals surface area contributed by atoms with E-state index < -0.39 is 31.9 Å². The highest BCUT2D eigenvalue weighted by Gasteiger charge is 2.23. The molecular weight excluding hydrogens is 318 g/mol.